The van der Waals surface area contributed by atoms with E-state index >= 15 is 0 Å². The summed E-state index contributed by atoms with van der Waals surface area (Å²) in [5.41, 5.74) is 3.80. The number of fused-ring (bicyclic) bond motifs is 1. The Morgan fingerprint density at radius 1 is 1.00 bits per heavy atom. The number of rotatable bonds is 3. The predicted octanol–water partition coefficient (Wildman–Crippen LogP) is 3.70. The minimum Gasteiger partial charge on any atom is -0.486 e. The van der Waals surface area contributed by atoms with Crippen LogP contribution in [0.15, 0.2) is 48.5 Å². The Morgan fingerprint density at radius 3 is 2.59 bits per heavy atom. The maximum atomic E-state index is 6.09. The topological polar surface area (TPSA) is 24.5 Å². The van der Waals surface area contributed by atoms with Crippen LogP contribution in [0.4, 0.5) is 11.4 Å². The predicted molar refractivity (Wildman–Crippen MR) is 90.9 cm³/mol. The van der Waals surface area contributed by atoms with E-state index in [-0.39, 0.29) is 6.10 Å². The van der Waals surface area contributed by atoms with Gasteiger partial charge >= 0.3 is 0 Å². The summed E-state index contributed by atoms with van der Waals surface area (Å²) in [6.45, 7) is 3.27. The maximum absolute atomic E-state index is 6.09. The molecule has 3 heteroatoms. The third-order valence-electron chi connectivity index (χ3n) is 4.57. The van der Waals surface area contributed by atoms with Gasteiger partial charge in [-0.2, -0.15) is 0 Å². The molecular weight excluding hydrogens is 272 g/mol. The molecule has 114 valence electrons. The van der Waals surface area contributed by atoms with E-state index in [0.29, 0.717) is 0 Å². The van der Waals surface area contributed by atoms with Gasteiger partial charge in [-0.05, 0) is 42.7 Å². The zero-order valence-electron chi connectivity index (χ0n) is 12.8. The largest absolute Gasteiger partial charge is 0.486 e. The zero-order valence-corrected chi connectivity index (χ0v) is 12.8. The molecule has 2 aromatic carbocycles. The summed E-state index contributed by atoms with van der Waals surface area (Å²) in [4.78, 5) is 2.47. The monoisotopic (exact) mass is 294 g/mol. The Morgan fingerprint density at radius 2 is 1.77 bits per heavy atom. The SMILES string of the molecule is c1ccc2c(c1)NCC(Cc1ccc(N3CCCC3)cc1)O2. The molecule has 0 radical (unpaired) electrons. The Hall–Kier alpha value is -2.16. The quantitative estimate of drug-likeness (QED) is 0.934. The number of hydrogen-bond donors (Lipinski definition) is 1. The molecule has 1 saturated heterocycles. The first-order valence-corrected chi connectivity index (χ1v) is 8.22. The zero-order chi connectivity index (χ0) is 14.8. The molecule has 0 bridgehead atoms. The summed E-state index contributed by atoms with van der Waals surface area (Å²) in [5, 5.41) is 3.46. The first-order valence-electron chi connectivity index (χ1n) is 8.22. The number of hydrogen-bond acceptors (Lipinski definition) is 3. The van der Waals surface area contributed by atoms with E-state index in [0.717, 1.165) is 24.4 Å². The van der Waals surface area contributed by atoms with Gasteiger partial charge in [0.25, 0.3) is 0 Å². The van der Waals surface area contributed by atoms with Crippen LogP contribution in [-0.2, 0) is 6.42 Å². The maximum Gasteiger partial charge on any atom is 0.142 e. The van der Waals surface area contributed by atoms with Crippen molar-refractivity contribution in [3.8, 4) is 5.75 Å². The van der Waals surface area contributed by atoms with Crippen LogP contribution in [0.3, 0.4) is 0 Å². The highest BCUT2D eigenvalue weighted by atomic mass is 16.5. The van der Waals surface area contributed by atoms with Crippen LogP contribution in [0.1, 0.15) is 18.4 Å². The van der Waals surface area contributed by atoms with E-state index in [2.05, 4.69) is 40.5 Å². The average Bonchev–Trinajstić information content (AvgIpc) is 3.10. The third-order valence-corrected chi connectivity index (χ3v) is 4.57. The Balaban J connectivity index is 1.41. The third kappa shape index (κ3) is 2.76. The lowest BCUT2D eigenvalue weighted by molar-refractivity contribution is 0.206. The molecule has 0 aromatic heterocycles. The molecule has 2 aromatic rings. The smallest absolute Gasteiger partial charge is 0.142 e. The standard InChI is InChI=1S/C19H22N2O/c1-2-6-19-18(5-1)20-14-17(22-19)13-15-7-9-16(10-8-15)21-11-3-4-12-21/h1-2,5-10,17,20H,3-4,11-14H2. The van der Waals surface area contributed by atoms with Crippen LogP contribution in [0.5, 0.6) is 5.75 Å². The van der Waals surface area contributed by atoms with E-state index in [1.54, 1.807) is 0 Å². The fraction of sp³-hybridized carbons (Fsp3) is 0.368. The van der Waals surface area contributed by atoms with Gasteiger partial charge in [0, 0.05) is 25.2 Å². The molecule has 1 unspecified atom stereocenters. The molecule has 0 aliphatic carbocycles. The van der Waals surface area contributed by atoms with E-state index in [4.69, 9.17) is 4.74 Å². The molecule has 2 aliphatic rings. The number of nitrogens with zero attached hydrogens (tertiary/aromatic N) is 1. The molecule has 1 fully saturated rings. The molecule has 0 amide bonds. The Bertz CT molecular complexity index is 632. The van der Waals surface area contributed by atoms with Gasteiger partial charge in [0.2, 0.25) is 0 Å². The van der Waals surface area contributed by atoms with Crippen LogP contribution in [0.25, 0.3) is 0 Å². The molecular formula is C19H22N2O. The highest BCUT2D eigenvalue weighted by Gasteiger charge is 2.19. The number of anilines is 2. The van der Waals surface area contributed by atoms with Crippen LogP contribution in [0.2, 0.25) is 0 Å². The average molecular weight is 294 g/mol. The van der Waals surface area contributed by atoms with Crippen molar-refractivity contribution >= 4 is 11.4 Å². The summed E-state index contributed by atoms with van der Waals surface area (Å²) < 4.78 is 6.09. The van der Waals surface area contributed by atoms with Crippen molar-refractivity contribution in [2.24, 2.45) is 0 Å². The van der Waals surface area contributed by atoms with E-state index in [1.165, 1.54) is 37.2 Å². The summed E-state index contributed by atoms with van der Waals surface area (Å²) in [6, 6.07) is 17.2. The van der Waals surface area contributed by atoms with Crippen molar-refractivity contribution in [1.29, 1.82) is 0 Å². The first-order chi connectivity index (χ1) is 10.9. The van der Waals surface area contributed by atoms with Gasteiger partial charge in [-0.3, -0.25) is 0 Å². The Kier molecular flexibility index (Phi) is 3.63. The van der Waals surface area contributed by atoms with Crippen molar-refractivity contribution < 1.29 is 4.74 Å². The second-order valence-electron chi connectivity index (χ2n) is 6.18. The van der Waals surface area contributed by atoms with Crippen molar-refractivity contribution in [2.75, 3.05) is 29.9 Å². The van der Waals surface area contributed by atoms with Crippen LogP contribution >= 0.6 is 0 Å². The molecule has 0 spiro atoms. The summed E-state index contributed by atoms with van der Waals surface area (Å²) >= 11 is 0. The van der Waals surface area contributed by atoms with Gasteiger partial charge in [0.15, 0.2) is 0 Å². The van der Waals surface area contributed by atoms with Gasteiger partial charge in [-0.1, -0.05) is 24.3 Å². The lowest BCUT2D eigenvalue weighted by atomic mass is 10.1. The van der Waals surface area contributed by atoms with Crippen LogP contribution in [0, 0.1) is 0 Å². The normalized spacial score (nSPS) is 20.2. The van der Waals surface area contributed by atoms with Crippen molar-refractivity contribution in [1.82, 2.24) is 0 Å². The molecule has 3 nitrogen and oxygen atoms in total. The van der Waals surface area contributed by atoms with Gasteiger partial charge in [0.1, 0.15) is 11.9 Å². The minimum atomic E-state index is 0.201. The van der Waals surface area contributed by atoms with Crippen LogP contribution in [-0.4, -0.2) is 25.7 Å². The highest BCUT2D eigenvalue weighted by Crippen LogP contribution is 2.29. The second-order valence-corrected chi connectivity index (χ2v) is 6.18. The highest BCUT2D eigenvalue weighted by molar-refractivity contribution is 5.57. The fourth-order valence-electron chi connectivity index (χ4n) is 3.36. The van der Waals surface area contributed by atoms with Gasteiger partial charge in [-0.25, -0.2) is 0 Å². The van der Waals surface area contributed by atoms with Gasteiger partial charge in [-0.15, -0.1) is 0 Å². The summed E-state index contributed by atoms with van der Waals surface area (Å²) in [5.74, 6) is 0.965. The van der Waals surface area contributed by atoms with Crippen LogP contribution < -0.4 is 15.0 Å². The van der Waals surface area contributed by atoms with Gasteiger partial charge < -0.3 is 15.0 Å². The summed E-state index contributed by atoms with van der Waals surface area (Å²) in [6.07, 6.45) is 3.79. The second kappa shape index (κ2) is 5.91. The Labute approximate surface area is 131 Å². The van der Waals surface area contributed by atoms with E-state index in [9.17, 15) is 0 Å². The number of nitrogens with one attached hydrogen (secondary N) is 1. The van der Waals surface area contributed by atoms with E-state index in [1.807, 2.05) is 18.2 Å². The lowest BCUT2D eigenvalue weighted by Crippen LogP contribution is -2.32. The summed E-state index contributed by atoms with van der Waals surface area (Å²) in [7, 11) is 0. The molecule has 1 N–H and O–H groups in total. The molecule has 0 saturated carbocycles. The number of ether oxygens (including phenoxy) is 1. The van der Waals surface area contributed by atoms with Crippen molar-refractivity contribution in [3.05, 3.63) is 54.1 Å². The van der Waals surface area contributed by atoms with Crippen molar-refractivity contribution in [3.63, 3.8) is 0 Å². The number of para-hydroxylation sites is 2. The molecule has 22 heavy (non-hydrogen) atoms. The molecule has 2 heterocycles. The minimum absolute atomic E-state index is 0.201. The fourth-order valence-corrected chi connectivity index (χ4v) is 3.36. The number of benzene rings is 2. The molecule has 4 rings (SSSR count). The molecule has 1 atom stereocenters. The van der Waals surface area contributed by atoms with E-state index < -0.39 is 0 Å². The first kappa shape index (κ1) is 13.5. The molecule has 2 aliphatic heterocycles. The van der Waals surface area contributed by atoms with Crippen molar-refractivity contribution in [2.45, 2.75) is 25.4 Å². The lowest BCUT2D eigenvalue weighted by Gasteiger charge is -2.27. The van der Waals surface area contributed by atoms with Gasteiger partial charge in [0.05, 0.1) is 12.2 Å².